The van der Waals surface area contributed by atoms with Crippen LogP contribution in [0, 0.1) is 20.8 Å². The Morgan fingerprint density at radius 1 is 1.05 bits per heavy atom. The molecule has 0 spiro atoms. The van der Waals surface area contributed by atoms with Gasteiger partial charge in [0.05, 0.1) is 0 Å². The Morgan fingerprint density at radius 3 is 2.18 bits per heavy atom. The van der Waals surface area contributed by atoms with E-state index in [1.165, 1.54) is 39.1 Å². The lowest BCUT2D eigenvalue weighted by atomic mass is 10.1. The van der Waals surface area contributed by atoms with Crippen molar-refractivity contribution in [1.29, 1.82) is 0 Å². The predicted octanol–water partition coefficient (Wildman–Crippen LogP) is 4.92. The first kappa shape index (κ1) is 18.1. The molecule has 118 valence electrons. The second-order valence-electron chi connectivity index (χ2n) is 5.29. The van der Waals surface area contributed by atoms with Crippen molar-refractivity contribution in [2.24, 2.45) is 5.73 Å². The monoisotopic (exact) mass is 319 g/mol. The van der Waals surface area contributed by atoms with E-state index in [0.717, 1.165) is 5.57 Å². The summed E-state index contributed by atoms with van der Waals surface area (Å²) in [6.07, 6.45) is 7.81. The predicted molar refractivity (Wildman–Crippen MR) is 93.5 cm³/mol. The lowest BCUT2D eigenvalue weighted by Gasteiger charge is -1.97. The van der Waals surface area contributed by atoms with Crippen LogP contribution >= 0.6 is 11.3 Å². The molecule has 1 rings (SSSR count). The lowest BCUT2D eigenvalue weighted by molar-refractivity contribution is -0.113. The van der Waals surface area contributed by atoms with E-state index >= 15 is 0 Å². The van der Waals surface area contributed by atoms with Crippen molar-refractivity contribution in [2.75, 3.05) is 0 Å². The Balaban J connectivity index is 2.92. The molecule has 0 saturated heterocycles. The molecule has 0 aliphatic heterocycles. The zero-order chi connectivity index (χ0) is 16.9. The van der Waals surface area contributed by atoms with E-state index in [2.05, 4.69) is 20.8 Å². The Morgan fingerprint density at radius 2 is 1.68 bits per heavy atom. The molecule has 1 aromatic heterocycles. The third-order valence-electron chi connectivity index (χ3n) is 3.23. The largest absolute Gasteiger partial charge is 0.366 e. The van der Waals surface area contributed by atoms with Crippen molar-refractivity contribution < 1.29 is 9.18 Å². The zero-order valence-electron chi connectivity index (χ0n) is 13.7. The molecular weight excluding hydrogens is 297 g/mol. The number of amides is 1. The molecule has 0 atom stereocenters. The summed E-state index contributed by atoms with van der Waals surface area (Å²) in [5.74, 6) is -0.993. The highest BCUT2D eigenvalue weighted by Crippen LogP contribution is 2.27. The van der Waals surface area contributed by atoms with Crippen molar-refractivity contribution >= 4 is 23.3 Å². The van der Waals surface area contributed by atoms with Crippen molar-refractivity contribution in [2.45, 2.75) is 34.6 Å². The van der Waals surface area contributed by atoms with Crippen molar-refractivity contribution in [3.05, 3.63) is 62.2 Å². The van der Waals surface area contributed by atoms with Crippen molar-refractivity contribution in [1.82, 2.24) is 0 Å². The van der Waals surface area contributed by atoms with Gasteiger partial charge in [0.1, 0.15) is 5.83 Å². The number of primary amides is 1. The summed E-state index contributed by atoms with van der Waals surface area (Å²) in [6, 6.07) is 0. The average Bonchev–Trinajstić information content (AvgIpc) is 2.59. The number of rotatable bonds is 5. The van der Waals surface area contributed by atoms with Crippen LogP contribution in [0.5, 0.6) is 0 Å². The third kappa shape index (κ3) is 5.45. The highest BCUT2D eigenvalue weighted by molar-refractivity contribution is 7.12. The van der Waals surface area contributed by atoms with Gasteiger partial charge >= 0.3 is 0 Å². The molecule has 22 heavy (non-hydrogen) atoms. The molecule has 4 heteroatoms. The number of allylic oxidation sites excluding steroid dienone is 6. The van der Waals surface area contributed by atoms with Gasteiger partial charge in [-0.1, -0.05) is 12.2 Å². The van der Waals surface area contributed by atoms with Gasteiger partial charge in [0.15, 0.2) is 0 Å². The number of aryl methyl sites for hydroxylation is 2. The summed E-state index contributed by atoms with van der Waals surface area (Å²) in [6.45, 7) is 9.74. The molecule has 1 aromatic rings. The first-order valence-electron chi connectivity index (χ1n) is 6.98. The van der Waals surface area contributed by atoms with Gasteiger partial charge < -0.3 is 5.73 Å². The summed E-state index contributed by atoms with van der Waals surface area (Å²) >= 11 is 1.77. The van der Waals surface area contributed by atoms with Gasteiger partial charge in [0, 0.05) is 15.8 Å². The number of hydrogen-bond acceptors (Lipinski definition) is 2. The van der Waals surface area contributed by atoms with Crippen LogP contribution in [0.4, 0.5) is 4.39 Å². The lowest BCUT2D eigenvalue weighted by Crippen LogP contribution is -2.06. The molecular formula is C18H22FNOS. The Bertz CT molecular complexity index is 690. The summed E-state index contributed by atoms with van der Waals surface area (Å²) < 4.78 is 13.8. The molecule has 0 radical (unpaired) electrons. The minimum atomic E-state index is -0.582. The summed E-state index contributed by atoms with van der Waals surface area (Å²) in [4.78, 5) is 13.3. The molecule has 0 unspecified atom stereocenters. The van der Waals surface area contributed by atoms with Crippen molar-refractivity contribution in [3.63, 3.8) is 0 Å². The maximum absolute atomic E-state index is 13.8. The Labute approximate surface area is 135 Å². The quantitative estimate of drug-likeness (QED) is 0.607. The minimum Gasteiger partial charge on any atom is -0.366 e. The molecule has 1 heterocycles. The highest BCUT2D eigenvalue weighted by Gasteiger charge is 2.05. The smallest absolute Gasteiger partial charge is 0.241 e. The minimum absolute atomic E-state index is 0.410. The van der Waals surface area contributed by atoms with E-state index in [1.807, 2.05) is 19.1 Å². The number of thiophene rings is 1. The van der Waals surface area contributed by atoms with E-state index in [9.17, 15) is 9.18 Å². The normalized spacial score (nSPS) is 14.0. The number of hydrogen-bond donors (Lipinski definition) is 1. The summed E-state index contributed by atoms with van der Waals surface area (Å²) in [7, 11) is 0. The van der Waals surface area contributed by atoms with Crippen LogP contribution in [0.25, 0.3) is 6.08 Å². The van der Waals surface area contributed by atoms with Crippen LogP contribution in [0.1, 0.15) is 34.7 Å². The van der Waals surface area contributed by atoms with Gasteiger partial charge in [-0.15, -0.1) is 11.3 Å². The SMILES string of the molecule is CC(=C/C(F)=C/C(C)=C/C(N)=O)/C=C/c1c(C)sc(C)c1C. The molecule has 2 N–H and O–H groups in total. The third-order valence-corrected chi connectivity index (χ3v) is 4.37. The Kier molecular flexibility index (Phi) is 6.50. The maximum atomic E-state index is 13.8. The van der Waals surface area contributed by atoms with Gasteiger partial charge in [-0.05, 0) is 69.0 Å². The van der Waals surface area contributed by atoms with Crippen LogP contribution in [0.15, 0.2) is 41.3 Å². The zero-order valence-corrected chi connectivity index (χ0v) is 14.5. The van der Waals surface area contributed by atoms with Crippen LogP contribution in [0.2, 0.25) is 0 Å². The summed E-state index contributed by atoms with van der Waals surface area (Å²) in [5.41, 5.74) is 8.76. The molecule has 0 saturated carbocycles. The van der Waals surface area contributed by atoms with E-state index in [-0.39, 0.29) is 0 Å². The molecule has 0 fully saturated rings. The number of carbonyl (C=O) groups excluding carboxylic acids is 1. The molecule has 1 amide bonds. The maximum Gasteiger partial charge on any atom is 0.241 e. The second kappa shape index (κ2) is 7.90. The van der Waals surface area contributed by atoms with Crippen LogP contribution in [-0.4, -0.2) is 5.91 Å². The van der Waals surface area contributed by atoms with Crippen LogP contribution < -0.4 is 5.73 Å². The van der Waals surface area contributed by atoms with E-state index in [4.69, 9.17) is 5.73 Å². The van der Waals surface area contributed by atoms with Gasteiger partial charge in [-0.3, -0.25) is 4.79 Å². The fourth-order valence-corrected chi connectivity index (χ4v) is 3.12. The van der Waals surface area contributed by atoms with Gasteiger partial charge in [-0.25, -0.2) is 4.39 Å². The molecule has 0 aliphatic carbocycles. The van der Waals surface area contributed by atoms with Crippen molar-refractivity contribution in [3.8, 4) is 0 Å². The molecule has 0 aliphatic rings. The number of halogens is 1. The first-order valence-corrected chi connectivity index (χ1v) is 7.80. The average molecular weight is 319 g/mol. The number of carbonyl (C=O) groups is 1. The number of nitrogens with two attached hydrogens (primary N) is 1. The fourth-order valence-electron chi connectivity index (χ4n) is 2.06. The fraction of sp³-hybridized carbons (Fsp3) is 0.278. The van der Waals surface area contributed by atoms with E-state index in [1.54, 1.807) is 18.3 Å². The van der Waals surface area contributed by atoms with E-state index < -0.39 is 11.7 Å². The highest BCUT2D eigenvalue weighted by atomic mass is 32.1. The van der Waals surface area contributed by atoms with Gasteiger partial charge in [0.25, 0.3) is 0 Å². The second-order valence-corrected chi connectivity index (χ2v) is 6.72. The van der Waals surface area contributed by atoms with Gasteiger partial charge in [-0.2, -0.15) is 0 Å². The topological polar surface area (TPSA) is 43.1 Å². The van der Waals surface area contributed by atoms with Crippen LogP contribution in [-0.2, 0) is 4.79 Å². The molecule has 2 nitrogen and oxygen atoms in total. The standard InChI is InChI=1S/C18H22FNOS/c1-11(8-16(19)9-12(2)10-18(20)21)6-7-17-13(3)14(4)22-15(17)5/h6-10H,1-5H3,(H2,20,21)/b7-6+,11-8-,12-10+,16-9-. The van der Waals surface area contributed by atoms with E-state index in [0.29, 0.717) is 5.57 Å². The molecule has 0 aromatic carbocycles. The van der Waals surface area contributed by atoms with Gasteiger partial charge in [0.2, 0.25) is 5.91 Å². The summed E-state index contributed by atoms with van der Waals surface area (Å²) in [5, 5.41) is 0. The Hall–Kier alpha value is -1.94. The molecule has 0 bridgehead atoms. The van der Waals surface area contributed by atoms with Crippen LogP contribution in [0.3, 0.4) is 0 Å². The first-order chi connectivity index (χ1) is 10.2.